The molecule has 0 aliphatic rings. The Morgan fingerprint density at radius 1 is 1.20 bits per heavy atom. The predicted molar refractivity (Wildman–Crippen MR) is 46.5 cm³/mol. The second-order valence-electron chi connectivity index (χ2n) is 2.64. The average molecular weight is 212 g/mol. The van der Waals surface area contributed by atoms with Crippen LogP contribution >= 0.6 is 0 Å². The maximum atomic E-state index is 11.3. The van der Waals surface area contributed by atoms with Gasteiger partial charge in [-0.15, -0.1) is 0 Å². The van der Waals surface area contributed by atoms with Crippen LogP contribution < -0.4 is 4.73 Å². The van der Waals surface area contributed by atoms with E-state index in [0.29, 0.717) is 4.73 Å². The van der Waals surface area contributed by atoms with Crippen LogP contribution in [0.5, 0.6) is 0 Å². The van der Waals surface area contributed by atoms with Crippen molar-refractivity contribution in [3.05, 3.63) is 29.6 Å². The number of carbonyl (C=O) groups is 2. The van der Waals surface area contributed by atoms with Gasteiger partial charge in [0.05, 0.1) is 19.8 Å². The summed E-state index contributed by atoms with van der Waals surface area (Å²) in [5, 5.41) is 9.09. The molecule has 1 aromatic heterocycles. The monoisotopic (exact) mass is 212 g/mol. The Hall–Kier alpha value is -2.11. The molecule has 15 heavy (non-hydrogen) atoms. The number of rotatable bonds is 2. The molecule has 6 nitrogen and oxygen atoms in total. The van der Waals surface area contributed by atoms with Crippen molar-refractivity contribution in [2.45, 2.75) is 0 Å². The minimum Gasteiger partial charge on any atom is -0.465 e. The summed E-state index contributed by atoms with van der Waals surface area (Å²) in [6, 6.07) is 1.26. The molecule has 0 bridgehead atoms. The average Bonchev–Trinajstić information content (AvgIpc) is 2.26. The summed E-state index contributed by atoms with van der Waals surface area (Å²) < 4.78 is 9.58. The van der Waals surface area contributed by atoms with E-state index in [4.69, 9.17) is 5.21 Å². The molecule has 0 spiro atoms. The summed E-state index contributed by atoms with van der Waals surface area (Å²) in [4.78, 5) is 22.5. The summed E-state index contributed by atoms with van der Waals surface area (Å²) in [6.45, 7) is 0. The highest BCUT2D eigenvalue weighted by Gasteiger charge is 2.22. The fraction of sp³-hybridized carbons (Fsp3) is 0.222. The maximum absolute atomic E-state index is 11.3. The summed E-state index contributed by atoms with van der Waals surface area (Å²) in [7, 11) is 2.38. The van der Waals surface area contributed by atoms with E-state index in [-0.39, 0.29) is 11.1 Å². The second kappa shape index (κ2) is 4.41. The molecule has 80 valence electrons. The van der Waals surface area contributed by atoms with Crippen molar-refractivity contribution in [3.63, 3.8) is 0 Å². The third-order valence-corrected chi connectivity index (χ3v) is 1.76. The van der Waals surface area contributed by atoms with Crippen LogP contribution in [0.1, 0.15) is 20.7 Å². The molecule has 0 aliphatic carbocycles. The van der Waals surface area contributed by atoms with Crippen molar-refractivity contribution in [1.82, 2.24) is 0 Å². The Morgan fingerprint density at radius 3 is 2.27 bits per heavy atom. The lowest BCUT2D eigenvalue weighted by molar-refractivity contribution is -0.904. The number of aromatic nitrogens is 1. The highest BCUT2D eigenvalue weighted by atomic mass is 16.5. The first kappa shape index (κ1) is 11.0. The van der Waals surface area contributed by atoms with Gasteiger partial charge in [-0.05, 0) is 0 Å². The van der Waals surface area contributed by atoms with E-state index >= 15 is 0 Å². The highest BCUT2D eigenvalue weighted by molar-refractivity contribution is 6.02. The summed E-state index contributed by atoms with van der Waals surface area (Å²) >= 11 is 0. The quantitative estimate of drug-likeness (QED) is 0.417. The standard InChI is InChI=1S/C9H10NO5/c1-14-8(11)6-3-4-10(13)5-7(6)9(12)15-2/h3-5,13H,1-2H3/q+1. The van der Waals surface area contributed by atoms with E-state index in [0.717, 1.165) is 6.20 Å². The molecule has 0 atom stereocenters. The second-order valence-corrected chi connectivity index (χ2v) is 2.64. The normalized spacial score (nSPS) is 9.47. The number of ether oxygens (including phenoxy) is 2. The van der Waals surface area contributed by atoms with Gasteiger partial charge in [0.2, 0.25) is 12.4 Å². The van der Waals surface area contributed by atoms with E-state index in [1.54, 1.807) is 0 Å². The molecule has 1 rings (SSSR count). The lowest BCUT2D eigenvalue weighted by Gasteiger charge is -2.02. The molecule has 1 aromatic rings. The maximum Gasteiger partial charge on any atom is 0.345 e. The Kier molecular flexibility index (Phi) is 3.22. The largest absolute Gasteiger partial charge is 0.465 e. The number of pyridine rings is 1. The number of nitrogens with zero attached hydrogens (tertiary/aromatic N) is 1. The van der Waals surface area contributed by atoms with E-state index in [1.165, 1.54) is 26.5 Å². The van der Waals surface area contributed by atoms with Gasteiger partial charge in [-0.25, -0.2) is 9.59 Å². The van der Waals surface area contributed by atoms with E-state index in [9.17, 15) is 9.59 Å². The Morgan fingerprint density at radius 2 is 1.73 bits per heavy atom. The fourth-order valence-electron chi connectivity index (χ4n) is 1.05. The molecule has 0 aromatic carbocycles. The number of esters is 2. The first-order valence-corrected chi connectivity index (χ1v) is 4.01. The molecule has 6 heteroatoms. The zero-order valence-corrected chi connectivity index (χ0v) is 8.26. The number of methoxy groups -OCH3 is 2. The lowest BCUT2D eigenvalue weighted by atomic mass is 10.1. The highest BCUT2D eigenvalue weighted by Crippen LogP contribution is 2.08. The Bertz CT molecular complexity index is 401. The van der Waals surface area contributed by atoms with Crippen LogP contribution in [0.25, 0.3) is 0 Å². The first-order valence-electron chi connectivity index (χ1n) is 4.01. The summed E-state index contributed by atoms with van der Waals surface area (Å²) in [6.07, 6.45) is 2.27. The van der Waals surface area contributed by atoms with Gasteiger partial charge in [0.15, 0.2) is 0 Å². The van der Waals surface area contributed by atoms with Crippen molar-refractivity contribution in [2.24, 2.45) is 0 Å². The molecule has 0 amide bonds. The first-order chi connectivity index (χ1) is 7.10. The van der Waals surface area contributed by atoms with Gasteiger partial charge in [-0.1, -0.05) is 0 Å². The Balaban J connectivity index is 3.26. The SMILES string of the molecule is COC(=O)c1cc[n+](O)cc1C(=O)OC. The molecule has 0 saturated carbocycles. The van der Waals surface area contributed by atoms with Gasteiger partial charge in [0.25, 0.3) is 0 Å². The molecular formula is C9H10NO5+. The molecule has 0 unspecified atom stereocenters. The Labute approximate surface area is 85.6 Å². The van der Waals surface area contributed by atoms with Gasteiger partial charge < -0.3 is 9.47 Å². The molecule has 0 radical (unpaired) electrons. The van der Waals surface area contributed by atoms with Gasteiger partial charge in [-0.2, -0.15) is 0 Å². The van der Waals surface area contributed by atoms with Crippen LogP contribution in [0, 0.1) is 0 Å². The molecule has 1 heterocycles. The van der Waals surface area contributed by atoms with E-state index < -0.39 is 11.9 Å². The minimum atomic E-state index is -0.723. The van der Waals surface area contributed by atoms with Gasteiger partial charge in [0.1, 0.15) is 5.56 Å². The number of carbonyl (C=O) groups excluding carboxylic acids is 2. The molecule has 0 aliphatic heterocycles. The third kappa shape index (κ3) is 2.22. The van der Waals surface area contributed by atoms with Gasteiger partial charge in [-0.3, -0.25) is 5.21 Å². The van der Waals surface area contributed by atoms with Crippen LogP contribution in [-0.4, -0.2) is 31.4 Å². The van der Waals surface area contributed by atoms with Crippen LogP contribution in [0.15, 0.2) is 18.5 Å². The number of hydrogen-bond donors (Lipinski definition) is 1. The van der Waals surface area contributed by atoms with Crippen LogP contribution in [0.4, 0.5) is 0 Å². The van der Waals surface area contributed by atoms with Crippen molar-refractivity contribution >= 4 is 11.9 Å². The third-order valence-electron chi connectivity index (χ3n) is 1.76. The fourth-order valence-corrected chi connectivity index (χ4v) is 1.05. The van der Waals surface area contributed by atoms with Gasteiger partial charge in [0, 0.05) is 10.8 Å². The smallest absolute Gasteiger partial charge is 0.345 e. The van der Waals surface area contributed by atoms with Gasteiger partial charge >= 0.3 is 11.9 Å². The molecule has 0 saturated heterocycles. The van der Waals surface area contributed by atoms with E-state index in [1.807, 2.05) is 0 Å². The summed E-state index contributed by atoms with van der Waals surface area (Å²) in [5.74, 6) is -1.39. The van der Waals surface area contributed by atoms with Crippen molar-refractivity contribution in [3.8, 4) is 0 Å². The lowest BCUT2D eigenvalue weighted by Crippen LogP contribution is -2.31. The van der Waals surface area contributed by atoms with Crippen molar-refractivity contribution in [1.29, 1.82) is 0 Å². The molecular weight excluding hydrogens is 202 g/mol. The van der Waals surface area contributed by atoms with Crippen LogP contribution in [-0.2, 0) is 9.47 Å². The molecule has 0 fully saturated rings. The van der Waals surface area contributed by atoms with Crippen molar-refractivity contribution in [2.75, 3.05) is 14.2 Å². The predicted octanol–water partition coefficient (Wildman–Crippen LogP) is -0.215. The zero-order valence-electron chi connectivity index (χ0n) is 8.26. The molecule has 1 N–H and O–H groups in total. The summed E-state index contributed by atoms with van der Waals surface area (Å²) in [5.41, 5.74) is -0.0241. The van der Waals surface area contributed by atoms with E-state index in [2.05, 4.69) is 9.47 Å². The van der Waals surface area contributed by atoms with Crippen LogP contribution in [0.3, 0.4) is 0 Å². The topological polar surface area (TPSA) is 76.7 Å². The minimum absolute atomic E-state index is 0.0367. The zero-order chi connectivity index (χ0) is 11.4. The van der Waals surface area contributed by atoms with Crippen LogP contribution in [0.2, 0.25) is 0 Å². The number of hydrogen-bond acceptors (Lipinski definition) is 5. The van der Waals surface area contributed by atoms with Crippen molar-refractivity contribution < 1.29 is 29.0 Å².